The van der Waals surface area contributed by atoms with Crippen molar-refractivity contribution < 1.29 is 4.79 Å². The number of anilines is 1. The van der Waals surface area contributed by atoms with Crippen LogP contribution in [-0.2, 0) is 0 Å². The predicted octanol–water partition coefficient (Wildman–Crippen LogP) is 2.78. The van der Waals surface area contributed by atoms with Gasteiger partial charge in [0.1, 0.15) is 0 Å². The highest BCUT2D eigenvalue weighted by molar-refractivity contribution is 5.95. The van der Waals surface area contributed by atoms with Crippen LogP contribution in [0, 0.1) is 5.92 Å². The normalized spacial score (nSPS) is 12.2. The van der Waals surface area contributed by atoms with Crippen LogP contribution in [0.1, 0.15) is 37.6 Å². The van der Waals surface area contributed by atoms with Gasteiger partial charge in [-0.3, -0.25) is 4.79 Å². The molecular formula is C14H22N2O. The second kappa shape index (κ2) is 6.28. The monoisotopic (exact) mass is 234 g/mol. The first-order chi connectivity index (χ1) is 8.08. The van der Waals surface area contributed by atoms with E-state index in [0.29, 0.717) is 17.2 Å². The number of nitrogen functional groups attached to an aromatic ring is 1. The standard InChI is InChI=1S/C14H22N2O/c1-4-11(3)10-16(5-2)14(17)12-7-6-8-13(15)9-12/h6-9,11H,4-5,10,15H2,1-3H3. The van der Waals surface area contributed by atoms with E-state index in [2.05, 4.69) is 13.8 Å². The van der Waals surface area contributed by atoms with Crippen LogP contribution in [0.15, 0.2) is 24.3 Å². The number of hydrogen-bond acceptors (Lipinski definition) is 2. The molecule has 1 rings (SSSR count). The average molecular weight is 234 g/mol. The number of rotatable bonds is 5. The van der Waals surface area contributed by atoms with E-state index in [-0.39, 0.29) is 5.91 Å². The molecule has 0 radical (unpaired) electrons. The van der Waals surface area contributed by atoms with E-state index in [9.17, 15) is 4.79 Å². The van der Waals surface area contributed by atoms with Gasteiger partial charge in [0.2, 0.25) is 0 Å². The van der Waals surface area contributed by atoms with Crippen LogP contribution in [0.25, 0.3) is 0 Å². The smallest absolute Gasteiger partial charge is 0.253 e. The summed E-state index contributed by atoms with van der Waals surface area (Å²) in [4.78, 5) is 14.1. The van der Waals surface area contributed by atoms with Gasteiger partial charge in [-0.2, -0.15) is 0 Å². The largest absolute Gasteiger partial charge is 0.399 e. The molecule has 2 N–H and O–H groups in total. The maximum absolute atomic E-state index is 12.2. The van der Waals surface area contributed by atoms with E-state index >= 15 is 0 Å². The van der Waals surface area contributed by atoms with Crippen molar-refractivity contribution >= 4 is 11.6 Å². The Morgan fingerprint density at radius 2 is 2.12 bits per heavy atom. The number of hydrogen-bond donors (Lipinski definition) is 1. The third kappa shape index (κ3) is 3.77. The highest BCUT2D eigenvalue weighted by Crippen LogP contribution is 2.12. The molecule has 3 nitrogen and oxygen atoms in total. The van der Waals surface area contributed by atoms with Crippen molar-refractivity contribution in [3.05, 3.63) is 29.8 Å². The molecule has 94 valence electrons. The minimum Gasteiger partial charge on any atom is -0.399 e. The topological polar surface area (TPSA) is 46.3 Å². The van der Waals surface area contributed by atoms with Crippen LogP contribution in [-0.4, -0.2) is 23.9 Å². The average Bonchev–Trinajstić information content (AvgIpc) is 2.34. The molecule has 0 aliphatic carbocycles. The number of carbonyl (C=O) groups excluding carboxylic acids is 1. The number of nitrogens with zero attached hydrogens (tertiary/aromatic N) is 1. The van der Waals surface area contributed by atoms with Crippen LogP contribution in [0.4, 0.5) is 5.69 Å². The van der Waals surface area contributed by atoms with Gasteiger partial charge >= 0.3 is 0 Å². The van der Waals surface area contributed by atoms with Crippen LogP contribution < -0.4 is 5.73 Å². The first-order valence-electron chi connectivity index (χ1n) is 6.23. The summed E-state index contributed by atoms with van der Waals surface area (Å²) in [7, 11) is 0. The van der Waals surface area contributed by atoms with Gasteiger partial charge in [0.15, 0.2) is 0 Å². The summed E-state index contributed by atoms with van der Waals surface area (Å²) in [6.07, 6.45) is 1.08. The van der Waals surface area contributed by atoms with Crippen molar-refractivity contribution in [3.8, 4) is 0 Å². The fraction of sp³-hybridized carbons (Fsp3) is 0.500. The van der Waals surface area contributed by atoms with E-state index in [0.717, 1.165) is 19.5 Å². The Morgan fingerprint density at radius 3 is 2.65 bits per heavy atom. The second-order valence-electron chi connectivity index (χ2n) is 4.48. The lowest BCUT2D eigenvalue weighted by molar-refractivity contribution is 0.0741. The van der Waals surface area contributed by atoms with Gasteiger partial charge in [-0.15, -0.1) is 0 Å². The first-order valence-corrected chi connectivity index (χ1v) is 6.23. The molecule has 3 heteroatoms. The molecule has 0 aliphatic rings. The molecule has 1 amide bonds. The lowest BCUT2D eigenvalue weighted by atomic mass is 10.1. The van der Waals surface area contributed by atoms with Gasteiger partial charge < -0.3 is 10.6 Å². The Kier molecular flexibility index (Phi) is 5.01. The van der Waals surface area contributed by atoms with Crippen LogP contribution in [0.2, 0.25) is 0 Å². The highest BCUT2D eigenvalue weighted by atomic mass is 16.2. The van der Waals surface area contributed by atoms with Crippen molar-refractivity contribution in [1.29, 1.82) is 0 Å². The fourth-order valence-corrected chi connectivity index (χ4v) is 1.72. The van der Waals surface area contributed by atoms with Gasteiger partial charge in [-0.1, -0.05) is 26.3 Å². The van der Waals surface area contributed by atoms with Crippen molar-refractivity contribution in [3.63, 3.8) is 0 Å². The van der Waals surface area contributed by atoms with Gasteiger partial charge in [-0.25, -0.2) is 0 Å². The zero-order valence-corrected chi connectivity index (χ0v) is 10.9. The zero-order valence-electron chi connectivity index (χ0n) is 10.9. The zero-order chi connectivity index (χ0) is 12.8. The third-order valence-electron chi connectivity index (χ3n) is 3.03. The summed E-state index contributed by atoms with van der Waals surface area (Å²) in [5.41, 5.74) is 7.01. The Balaban J connectivity index is 2.79. The Hall–Kier alpha value is -1.51. The summed E-state index contributed by atoms with van der Waals surface area (Å²) >= 11 is 0. The molecule has 1 unspecified atom stereocenters. The number of benzene rings is 1. The molecule has 1 aromatic carbocycles. The summed E-state index contributed by atoms with van der Waals surface area (Å²) in [5, 5.41) is 0. The molecule has 1 aromatic rings. The van der Waals surface area contributed by atoms with Crippen LogP contribution >= 0.6 is 0 Å². The summed E-state index contributed by atoms with van der Waals surface area (Å²) in [5.74, 6) is 0.597. The maximum atomic E-state index is 12.2. The van der Waals surface area contributed by atoms with Gasteiger partial charge in [0, 0.05) is 24.3 Å². The fourth-order valence-electron chi connectivity index (χ4n) is 1.72. The minimum absolute atomic E-state index is 0.0695. The van der Waals surface area contributed by atoms with Gasteiger partial charge in [0.05, 0.1) is 0 Å². The van der Waals surface area contributed by atoms with E-state index < -0.39 is 0 Å². The van der Waals surface area contributed by atoms with E-state index in [1.54, 1.807) is 12.1 Å². The van der Waals surface area contributed by atoms with Gasteiger partial charge in [-0.05, 0) is 31.0 Å². The Labute approximate surface area is 104 Å². The van der Waals surface area contributed by atoms with E-state index in [1.807, 2.05) is 24.0 Å². The van der Waals surface area contributed by atoms with E-state index in [4.69, 9.17) is 5.73 Å². The first kappa shape index (κ1) is 13.6. The van der Waals surface area contributed by atoms with Crippen molar-refractivity contribution in [1.82, 2.24) is 4.90 Å². The van der Waals surface area contributed by atoms with Crippen molar-refractivity contribution in [2.75, 3.05) is 18.8 Å². The van der Waals surface area contributed by atoms with Gasteiger partial charge in [0.25, 0.3) is 5.91 Å². The SMILES string of the molecule is CCC(C)CN(CC)C(=O)c1cccc(N)c1. The Bertz CT molecular complexity index is 376. The molecule has 0 aliphatic heterocycles. The molecule has 0 heterocycles. The molecule has 0 fully saturated rings. The van der Waals surface area contributed by atoms with Crippen LogP contribution in [0.5, 0.6) is 0 Å². The molecule has 0 aromatic heterocycles. The predicted molar refractivity (Wildman–Crippen MR) is 71.9 cm³/mol. The molecule has 0 bridgehead atoms. The quantitative estimate of drug-likeness (QED) is 0.796. The van der Waals surface area contributed by atoms with Crippen LogP contribution in [0.3, 0.4) is 0 Å². The molecule has 0 saturated carbocycles. The number of amides is 1. The summed E-state index contributed by atoms with van der Waals surface area (Å²) < 4.78 is 0. The summed E-state index contributed by atoms with van der Waals surface area (Å²) in [6.45, 7) is 7.85. The molecule has 1 atom stereocenters. The maximum Gasteiger partial charge on any atom is 0.253 e. The number of nitrogens with two attached hydrogens (primary N) is 1. The summed E-state index contributed by atoms with van der Waals surface area (Å²) in [6, 6.07) is 7.17. The van der Waals surface area contributed by atoms with Crippen molar-refractivity contribution in [2.24, 2.45) is 5.92 Å². The Morgan fingerprint density at radius 1 is 1.41 bits per heavy atom. The lowest BCUT2D eigenvalue weighted by Crippen LogP contribution is -2.34. The third-order valence-corrected chi connectivity index (χ3v) is 3.03. The number of carbonyl (C=O) groups is 1. The second-order valence-corrected chi connectivity index (χ2v) is 4.48. The molecule has 17 heavy (non-hydrogen) atoms. The van der Waals surface area contributed by atoms with Crippen molar-refractivity contribution in [2.45, 2.75) is 27.2 Å². The molecule has 0 saturated heterocycles. The highest BCUT2D eigenvalue weighted by Gasteiger charge is 2.15. The molecular weight excluding hydrogens is 212 g/mol. The van der Waals surface area contributed by atoms with E-state index in [1.165, 1.54) is 0 Å². The molecule has 0 spiro atoms. The minimum atomic E-state index is 0.0695. The lowest BCUT2D eigenvalue weighted by Gasteiger charge is -2.24.